The molecule has 1 aromatic carbocycles. The van der Waals surface area contributed by atoms with Crippen molar-refractivity contribution < 1.29 is 9.00 Å². The molecule has 0 unspecified atom stereocenters. The molecule has 0 spiro atoms. The molecule has 4 nitrogen and oxygen atoms in total. The summed E-state index contributed by atoms with van der Waals surface area (Å²) in [6, 6.07) is 9.03. The van der Waals surface area contributed by atoms with Gasteiger partial charge in [-0.15, -0.1) is 0 Å². The quantitative estimate of drug-likeness (QED) is 0.383. The fraction of sp³-hybridized carbons (Fsp3) is 0.214. The first-order valence-electron chi connectivity index (χ1n) is 6.16. The minimum Gasteiger partial charge on any atom is -0.290 e. The second kappa shape index (κ2) is 6.76. The third kappa shape index (κ3) is 3.74. The van der Waals surface area contributed by atoms with Crippen molar-refractivity contribution in [2.75, 3.05) is 11.5 Å². The van der Waals surface area contributed by atoms with Crippen LogP contribution in [0.5, 0.6) is 0 Å². The Hall–Kier alpha value is -1.53. The fourth-order valence-electron chi connectivity index (χ4n) is 1.67. The van der Waals surface area contributed by atoms with E-state index in [9.17, 15) is 9.00 Å². The molecule has 0 fully saturated rings. The second-order valence-electron chi connectivity index (χ2n) is 4.34. The van der Waals surface area contributed by atoms with Crippen molar-refractivity contribution in [1.82, 2.24) is 9.97 Å². The van der Waals surface area contributed by atoms with E-state index in [0.717, 1.165) is 5.56 Å². The smallest absolute Gasteiger partial charge is 0.187 e. The molecule has 106 valence electrons. The van der Waals surface area contributed by atoms with Gasteiger partial charge in [0.05, 0.1) is 0 Å². The predicted molar refractivity (Wildman–Crippen MR) is 83.4 cm³/mol. The lowest BCUT2D eigenvalue weighted by Gasteiger charge is -2.17. The van der Waals surface area contributed by atoms with Gasteiger partial charge in [-0.3, -0.25) is 9.00 Å². The summed E-state index contributed by atoms with van der Waals surface area (Å²) in [6.45, 7) is 1.96. The van der Waals surface area contributed by atoms with E-state index in [2.05, 4.69) is 9.97 Å². The highest BCUT2D eigenvalue weighted by Crippen LogP contribution is 2.21. The van der Waals surface area contributed by atoms with E-state index in [4.69, 9.17) is 0 Å². The van der Waals surface area contributed by atoms with E-state index in [0.29, 0.717) is 27.2 Å². The number of rotatable bonds is 6. The number of nitrogens with zero attached hydrogens (tertiary/aromatic N) is 2. The summed E-state index contributed by atoms with van der Waals surface area (Å²) in [4.78, 5) is 20.0. The first-order chi connectivity index (χ1) is 9.64. The van der Waals surface area contributed by atoms with Gasteiger partial charge in [-0.1, -0.05) is 29.5 Å². The number of thiol groups is 1. The van der Waals surface area contributed by atoms with Crippen LogP contribution in [0.2, 0.25) is 0 Å². The van der Waals surface area contributed by atoms with Gasteiger partial charge in [0.2, 0.25) is 0 Å². The van der Waals surface area contributed by atoms with Crippen molar-refractivity contribution >= 4 is 27.3 Å². The molecule has 0 aliphatic carbocycles. The van der Waals surface area contributed by atoms with Gasteiger partial charge in [0, 0.05) is 28.8 Å². The highest BCUT2D eigenvalue weighted by Gasteiger charge is 2.17. The molecule has 0 amide bonds. The largest absolute Gasteiger partial charge is 0.290 e. The van der Waals surface area contributed by atoms with E-state index in [-0.39, 0.29) is 0 Å². The molecule has 1 aromatic heterocycles. The van der Waals surface area contributed by atoms with Crippen LogP contribution < -0.4 is 0 Å². The topological polar surface area (TPSA) is 59.9 Å². The minimum atomic E-state index is -2.97. The Labute approximate surface area is 123 Å². The Morgan fingerprint density at radius 1 is 1.20 bits per heavy atom. The molecule has 0 radical (unpaired) electrons. The molecule has 2 rings (SSSR count). The standard InChI is InChI=1S/C14H16N2O2S2/c1-12-3-5-13(6-4-12)20(18,11-17)10-9-19-14-15-7-2-8-16-14/h2-8,11,20H,9-10H2,1H3. The summed E-state index contributed by atoms with van der Waals surface area (Å²) < 4.78 is 12.7. The van der Waals surface area contributed by atoms with Crippen molar-refractivity contribution in [2.45, 2.75) is 17.0 Å². The van der Waals surface area contributed by atoms with E-state index in [1.54, 1.807) is 30.6 Å². The van der Waals surface area contributed by atoms with Crippen LogP contribution in [0.1, 0.15) is 5.56 Å². The summed E-state index contributed by atoms with van der Waals surface area (Å²) in [5.74, 6) is 0.871. The summed E-state index contributed by atoms with van der Waals surface area (Å²) in [6.07, 6.45) is 3.32. The molecule has 0 aliphatic heterocycles. The molecule has 0 saturated heterocycles. The highest BCUT2D eigenvalue weighted by atomic mass is 32.2. The lowest BCUT2D eigenvalue weighted by atomic mass is 10.2. The molecule has 0 atom stereocenters. The van der Waals surface area contributed by atoms with Crippen LogP contribution in [-0.4, -0.2) is 31.3 Å². The normalized spacial score (nSPS) is 12.1. The fourth-order valence-corrected chi connectivity index (χ4v) is 4.71. The van der Waals surface area contributed by atoms with Gasteiger partial charge in [-0.05, 0) is 35.1 Å². The number of carbonyl (C=O) groups excluding carboxylic acids is 1. The zero-order chi connectivity index (χ0) is 14.4. The number of benzene rings is 1. The van der Waals surface area contributed by atoms with Gasteiger partial charge in [0.1, 0.15) is 0 Å². The van der Waals surface area contributed by atoms with Gasteiger partial charge in [-0.2, -0.15) is 0 Å². The number of aryl methyl sites for hydroxylation is 1. The van der Waals surface area contributed by atoms with Crippen molar-refractivity contribution in [3.05, 3.63) is 48.3 Å². The Kier molecular flexibility index (Phi) is 5.03. The van der Waals surface area contributed by atoms with Gasteiger partial charge in [-0.25, -0.2) is 9.97 Å². The molecule has 6 heteroatoms. The molecule has 20 heavy (non-hydrogen) atoms. The molecule has 0 aliphatic rings. The lowest BCUT2D eigenvalue weighted by Crippen LogP contribution is -2.20. The monoisotopic (exact) mass is 308 g/mol. The number of hydrogen-bond donors (Lipinski definition) is 1. The van der Waals surface area contributed by atoms with E-state index >= 15 is 0 Å². The molecule has 0 saturated carbocycles. The Morgan fingerprint density at radius 2 is 1.85 bits per heavy atom. The van der Waals surface area contributed by atoms with Crippen LogP contribution in [0.3, 0.4) is 0 Å². The summed E-state index contributed by atoms with van der Waals surface area (Å²) in [5.41, 5.74) is 1.68. The van der Waals surface area contributed by atoms with Gasteiger partial charge in [0.15, 0.2) is 10.8 Å². The van der Waals surface area contributed by atoms with Crippen molar-refractivity contribution in [3.8, 4) is 0 Å². The van der Waals surface area contributed by atoms with Crippen molar-refractivity contribution in [3.63, 3.8) is 0 Å². The second-order valence-corrected chi connectivity index (χ2v) is 8.17. The molecule has 2 aromatic rings. The molecular formula is C14H16N2O2S2. The Bertz CT molecular complexity index is 615. The van der Waals surface area contributed by atoms with E-state index < -0.39 is 9.93 Å². The van der Waals surface area contributed by atoms with Crippen LogP contribution in [-0.2, 0) is 14.7 Å². The average Bonchev–Trinajstić information content (AvgIpc) is 2.49. The van der Waals surface area contributed by atoms with Crippen molar-refractivity contribution in [1.29, 1.82) is 0 Å². The van der Waals surface area contributed by atoms with Crippen molar-refractivity contribution in [2.24, 2.45) is 0 Å². The Balaban J connectivity index is 2.03. The molecule has 0 bridgehead atoms. The van der Waals surface area contributed by atoms with E-state index in [1.165, 1.54) is 11.8 Å². The SMILES string of the molecule is Cc1ccc([SH](=O)(C=O)CCSc2ncccn2)cc1. The summed E-state index contributed by atoms with van der Waals surface area (Å²) in [7, 11) is -2.97. The van der Waals surface area contributed by atoms with Crippen LogP contribution in [0, 0.1) is 6.92 Å². The molecule has 0 N–H and O–H groups in total. The zero-order valence-electron chi connectivity index (χ0n) is 11.1. The predicted octanol–water partition coefficient (Wildman–Crippen LogP) is 2.14. The van der Waals surface area contributed by atoms with Crippen LogP contribution >= 0.6 is 11.8 Å². The number of hydrogen-bond acceptors (Lipinski definition) is 5. The molecule has 1 heterocycles. The third-order valence-electron chi connectivity index (χ3n) is 2.84. The highest BCUT2D eigenvalue weighted by molar-refractivity contribution is 8.15. The maximum atomic E-state index is 12.7. The lowest BCUT2D eigenvalue weighted by molar-refractivity contribution is 0.565. The maximum absolute atomic E-state index is 12.7. The van der Waals surface area contributed by atoms with Crippen LogP contribution in [0.4, 0.5) is 0 Å². The van der Waals surface area contributed by atoms with Crippen LogP contribution in [0.15, 0.2) is 52.8 Å². The summed E-state index contributed by atoms with van der Waals surface area (Å²) >= 11 is 1.41. The minimum absolute atomic E-state index is 0.322. The number of thioether (sulfide) groups is 1. The average molecular weight is 308 g/mol. The van der Waals surface area contributed by atoms with E-state index in [1.807, 2.05) is 19.1 Å². The summed E-state index contributed by atoms with van der Waals surface area (Å²) in [5, 5.41) is 0.633. The maximum Gasteiger partial charge on any atom is 0.187 e. The molecular weight excluding hydrogens is 292 g/mol. The zero-order valence-corrected chi connectivity index (χ0v) is 12.8. The third-order valence-corrected chi connectivity index (χ3v) is 6.42. The first-order valence-corrected chi connectivity index (χ1v) is 9.11. The van der Waals surface area contributed by atoms with Gasteiger partial charge >= 0.3 is 0 Å². The van der Waals surface area contributed by atoms with Gasteiger partial charge in [0.25, 0.3) is 0 Å². The van der Waals surface area contributed by atoms with Crippen LogP contribution in [0.25, 0.3) is 0 Å². The van der Waals surface area contributed by atoms with Gasteiger partial charge < -0.3 is 0 Å². The Morgan fingerprint density at radius 3 is 2.45 bits per heavy atom. The number of carbonyl (C=O) groups is 1. The first kappa shape index (κ1) is 14.9. The number of aromatic nitrogens is 2.